The Hall–Kier alpha value is -1.39. The van der Waals surface area contributed by atoms with Crippen LogP contribution >= 0.6 is 11.6 Å². The zero-order valence-electron chi connectivity index (χ0n) is 10.9. The summed E-state index contributed by atoms with van der Waals surface area (Å²) in [5, 5.41) is 3.38. The van der Waals surface area contributed by atoms with E-state index >= 15 is 0 Å². The minimum Gasteiger partial charge on any atom is -0.441 e. The van der Waals surface area contributed by atoms with Gasteiger partial charge in [-0.05, 0) is 18.2 Å². The second-order valence-corrected chi connectivity index (χ2v) is 5.01. The number of nitrogens with one attached hydrogen (secondary N) is 1. The molecule has 19 heavy (non-hydrogen) atoms. The molecule has 0 aliphatic heterocycles. The molecule has 0 unspecified atom stereocenters. The highest BCUT2D eigenvalue weighted by Gasteiger charge is 2.09. The zero-order chi connectivity index (χ0) is 13.8. The quantitative estimate of drug-likeness (QED) is 0.909. The molecule has 0 fully saturated rings. The lowest BCUT2D eigenvalue weighted by molar-refractivity contribution is 0.484. The van der Waals surface area contributed by atoms with Gasteiger partial charge in [0.2, 0.25) is 0 Å². The maximum absolute atomic E-state index is 13.4. The normalized spacial score (nSPS) is 11.2. The van der Waals surface area contributed by atoms with Crippen LogP contribution in [0.1, 0.15) is 19.7 Å². The number of rotatable bonds is 5. The van der Waals surface area contributed by atoms with Gasteiger partial charge in [0.05, 0.1) is 11.2 Å². The predicted octanol–water partition coefficient (Wildman–Crippen LogP) is 3.67. The van der Waals surface area contributed by atoms with Crippen LogP contribution in [0, 0.1) is 5.82 Å². The van der Waals surface area contributed by atoms with Crippen molar-refractivity contribution in [3.8, 4) is 11.3 Å². The van der Waals surface area contributed by atoms with Gasteiger partial charge in [0, 0.05) is 24.6 Å². The van der Waals surface area contributed by atoms with Crippen molar-refractivity contribution < 1.29 is 8.81 Å². The molecule has 1 heterocycles. The van der Waals surface area contributed by atoms with Crippen molar-refractivity contribution in [2.75, 3.05) is 6.54 Å². The van der Waals surface area contributed by atoms with Gasteiger partial charge >= 0.3 is 0 Å². The van der Waals surface area contributed by atoms with E-state index in [1.54, 1.807) is 12.3 Å². The third-order valence-electron chi connectivity index (χ3n) is 2.65. The van der Waals surface area contributed by atoms with Gasteiger partial charge in [-0.2, -0.15) is 0 Å². The number of aromatic nitrogens is 1. The van der Waals surface area contributed by atoms with Crippen molar-refractivity contribution >= 4 is 11.6 Å². The molecule has 5 heteroatoms. The number of halogens is 2. The molecule has 3 nitrogen and oxygen atoms in total. The average molecular weight is 283 g/mol. The van der Waals surface area contributed by atoms with E-state index in [4.69, 9.17) is 16.0 Å². The second-order valence-electron chi connectivity index (χ2n) is 4.61. The zero-order valence-corrected chi connectivity index (χ0v) is 11.7. The fraction of sp³-hybridized carbons (Fsp3) is 0.357. The monoisotopic (exact) mass is 282 g/mol. The maximum atomic E-state index is 13.4. The summed E-state index contributed by atoms with van der Waals surface area (Å²) in [7, 11) is 0. The van der Waals surface area contributed by atoms with E-state index < -0.39 is 5.82 Å². The summed E-state index contributed by atoms with van der Waals surface area (Å²) in [6.45, 7) is 4.96. The number of hydrogen-bond acceptors (Lipinski definition) is 3. The highest BCUT2D eigenvalue weighted by molar-refractivity contribution is 6.30. The van der Waals surface area contributed by atoms with Crippen molar-refractivity contribution in [2.45, 2.75) is 26.3 Å². The molecule has 1 aromatic carbocycles. The lowest BCUT2D eigenvalue weighted by Crippen LogP contribution is -2.24. The Kier molecular flexibility index (Phi) is 4.56. The number of oxazole rings is 1. The molecule has 0 spiro atoms. The number of benzene rings is 1. The first-order valence-electron chi connectivity index (χ1n) is 6.20. The Morgan fingerprint density at radius 2 is 2.21 bits per heavy atom. The molecule has 102 valence electrons. The summed E-state index contributed by atoms with van der Waals surface area (Å²) in [5.74, 6) is 0.729. The molecule has 0 amide bonds. The second kappa shape index (κ2) is 6.17. The lowest BCUT2D eigenvalue weighted by atomic mass is 10.2. The summed E-state index contributed by atoms with van der Waals surface area (Å²) >= 11 is 5.64. The van der Waals surface area contributed by atoms with Gasteiger partial charge in [-0.3, -0.25) is 0 Å². The predicted molar refractivity (Wildman–Crippen MR) is 73.7 cm³/mol. The standard InChI is InChI=1S/C14H16ClFN2O/c1-9(2)17-6-5-14-18-8-13(19-14)10-3-4-11(15)12(16)7-10/h3-4,7-9,17H,5-6H2,1-2H3. The molecule has 0 aliphatic carbocycles. The van der Waals surface area contributed by atoms with Crippen LogP contribution in [-0.2, 0) is 6.42 Å². The highest BCUT2D eigenvalue weighted by Crippen LogP contribution is 2.24. The number of hydrogen-bond donors (Lipinski definition) is 1. The van der Waals surface area contributed by atoms with E-state index in [1.165, 1.54) is 12.1 Å². The van der Waals surface area contributed by atoms with Crippen molar-refractivity contribution in [3.63, 3.8) is 0 Å². The smallest absolute Gasteiger partial charge is 0.196 e. The van der Waals surface area contributed by atoms with Gasteiger partial charge < -0.3 is 9.73 Å². The van der Waals surface area contributed by atoms with Crippen LogP contribution < -0.4 is 5.32 Å². The van der Waals surface area contributed by atoms with Crippen molar-refractivity contribution in [1.82, 2.24) is 10.3 Å². The van der Waals surface area contributed by atoms with Crippen LogP contribution in [-0.4, -0.2) is 17.6 Å². The van der Waals surface area contributed by atoms with E-state index in [-0.39, 0.29) is 5.02 Å². The number of nitrogens with zero attached hydrogens (tertiary/aromatic N) is 1. The van der Waals surface area contributed by atoms with Gasteiger partial charge in [0.15, 0.2) is 11.7 Å². The molecule has 0 radical (unpaired) electrons. The topological polar surface area (TPSA) is 38.1 Å². The van der Waals surface area contributed by atoms with E-state index in [0.717, 1.165) is 6.54 Å². The Balaban J connectivity index is 2.05. The van der Waals surface area contributed by atoms with E-state index in [1.807, 2.05) is 0 Å². The van der Waals surface area contributed by atoms with Crippen LogP contribution in [0.4, 0.5) is 4.39 Å². The Morgan fingerprint density at radius 3 is 2.89 bits per heavy atom. The van der Waals surface area contributed by atoms with E-state index in [9.17, 15) is 4.39 Å². The Bertz CT molecular complexity index is 554. The first-order valence-corrected chi connectivity index (χ1v) is 6.57. The lowest BCUT2D eigenvalue weighted by Gasteiger charge is -2.05. The Labute approximate surface area is 116 Å². The van der Waals surface area contributed by atoms with Crippen molar-refractivity contribution in [3.05, 3.63) is 41.1 Å². The van der Waals surface area contributed by atoms with E-state index in [2.05, 4.69) is 24.1 Å². The molecule has 0 saturated heterocycles. The molecule has 1 N–H and O–H groups in total. The molecule has 0 bridgehead atoms. The van der Waals surface area contributed by atoms with Crippen LogP contribution in [0.25, 0.3) is 11.3 Å². The first-order chi connectivity index (χ1) is 9.06. The van der Waals surface area contributed by atoms with Gasteiger partial charge in [-0.25, -0.2) is 9.37 Å². The molecule has 1 aromatic heterocycles. The SMILES string of the molecule is CC(C)NCCc1ncc(-c2ccc(Cl)c(F)c2)o1. The molecular formula is C14H16ClFN2O. The first kappa shape index (κ1) is 14.0. The molecule has 2 rings (SSSR count). The fourth-order valence-electron chi connectivity index (χ4n) is 1.68. The van der Waals surface area contributed by atoms with Gasteiger partial charge in [-0.15, -0.1) is 0 Å². The summed E-state index contributed by atoms with van der Waals surface area (Å²) < 4.78 is 18.9. The van der Waals surface area contributed by atoms with Crippen molar-refractivity contribution in [2.24, 2.45) is 0 Å². The molecular weight excluding hydrogens is 267 g/mol. The highest BCUT2D eigenvalue weighted by atomic mass is 35.5. The largest absolute Gasteiger partial charge is 0.441 e. The van der Waals surface area contributed by atoms with Crippen molar-refractivity contribution in [1.29, 1.82) is 0 Å². The summed E-state index contributed by atoms with van der Waals surface area (Å²) in [6, 6.07) is 5.00. The summed E-state index contributed by atoms with van der Waals surface area (Å²) in [5.41, 5.74) is 0.637. The third kappa shape index (κ3) is 3.78. The summed E-state index contributed by atoms with van der Waals surface area (Å²) in [6.07, 6.45) is 2.31. The third-order valence-corrected chi connectivity index (χ3v) is 2.96. The van der Waals surface area contributed by atoms with Crippen LogP contribution in [0.3, 0.4) is 0 Å². The Morgan fingerprint density at radius 1 is 1.42 bits per heavy atom. The molecule has 0 saturated carbocycles. The van der Waals surface area contributed by atoms with Crippen LogP contribution in [0.15, 0.2) is 28.8 Å². The maximum Gasteiger partial charge on any atom is 0.196 e. The van der Waals surface area contributed by atoms with Crippen LogP contribution in [0.2, 0.25) is 5.02 Å². The minimum absolute atomic E-state index is 0.102. The van der Waals surface area contributed by atoms with E-state index in [0.29, 0.717) is 29.7 Å². The van der Waals surface area contributed by atoms with Gasteiger partial charge in [0.25, 0.3) is 0 Å². The van der Waals surface area contributed by atoms with Gasteiger partial charge in [0.1, 0.15) is 5.82 Å². The molecule has 2 aromatic rings. The molecule has 0 atom stereocenters. The molecule has 0 aliphatic rings. The fourth-order valence-corrected chi connectivity index (χ4v) is 1.79. The average Bonchev–Trinajstić information content (AvgIpc) is 2.81. The van der Waals surface area contributed by atoms with Crippen LogP contribution in [0.5, 0.6) is 0 Å². The minimum atomic E-state index is -0.460. The summed E-state index contributed by atoms with van der Waals surface area (Å²) in [4.78, 5) is 4.18. The van der Waals surface area contributed by atoms with Gasteiger partial charge in [-0.1, -0.05) is 25.4 Å².